The Bertz CT molecular complexity index is 26.9. The molecule has 0 saturated carbocycles. The van der Waals surface area contributed by atoms with Gasteiger partial charge in [0.1, 0.15) is 0 Å². The van der Waals surface area contributed by atoms with Gasteiger partial charge in [0, 0.05) is 14.5 Å². The fraction of sp³-hybridized carbons (Fsp3) is 1.00. The molecular weight excluding hydrogens is 104 g/mol. The number of rotatable bonds is 3. The van der Waals surface area contributed by atoms with Gasteiger partial charge < -0.3 is 10.5 Å². The lowest BCUT2D eigenvalue weighted by atomic mass is 10.7. The highest BCUT2D eigenvalue weighted by Crippen LogP contribution is 1.44. The molecule has 3 heteroatoms. The van der Waals surface area contributed by atoms with Crippen LogP contribution in [0.1, 0.15) is 15.3 Å². The summed E-state index contributed by atoms with van der Waals surface area (Å²) >= 11 is 0. The van der Waals surface area contributed by atoms with Gasteiger partial charge in [-0.05, 0) is 7.05 Å². The molecule has 0 saturated heterocycles. The standard InChI is InChI=1S/C3H10N2O.C2H6.H2/c1-4-2-3-5-6;1-2;/h4-6H,2-3H2,1H3;1-2H3;1H. The Kier molecular flexibility index (Phi) is 21.3. The lowest BCUT2D eigenvalue weighted by Crippen LogP contribution is -2.21. The van der Waals surface area contributed by atoms with Crippen LogP contribution < -0.4 is 10.8 Å². The molecule has 0 aliphatic carbocycles. The van der Waals surface area contributed by atoms with Crippen molar-refractivity contribution in [1.29, 1.82) is 0 Å². The maximum Gasteiger partial charge on any atom is 0.0332 e. The number of hydrogen-bond donors (Lipinski definition) is 3. The van der Waals surface area contributed by atoms with Crippen LogP contribution in [-0.2, 0) is 0 Å². The van der Waals surface area contributed by atoms with Gasteiger partial charge in [0.25, 0.3) is 0 Å². The van der Waals surface area contributed by atoms with Gasteiger partial charge in [-0.3, -0.25) is 0 Å². The van der Waals surface area contributed by atoms with Crippen LogP contribution >= 0.6 is 0 Å². The van der Waals surface area contributed by atoms with Crippen LogP contribution in [0.15, 0.2) is 0 Å². The molecule has 0 aliphatic rings. The highest BCUT2D eigenvalue weighted by Gasteiger charge is 1.72. The van der Waals surface area contributed by atoms with E-state index in [1.807, 2.05) is 26.4 Å². The van der Waals surface area contributed by atoms with Crippen LogP contribution in [0.4, 0.5) is 0 Å². The molecule has 0 aromatic heterocycles. The van der Waals surface area contributed by atoms with Gasteiger partial charge in [-0.15, -0.1) is 0 Å². The van der Waals surface area contributed by atoms with Gasteiger partial charge in [0.15, 0.2) is 0 Å². The predicted molar refractivity (Wildman–Crippen MR) is 37.2 cm³/mol. The second-order valence-electron chi connectivity index (χ2n) is 1.01. The number of nitrogens with one attached hydrogen (secondary N) is 2. The second kappa shape index (κ2) is 15.8. The van der Waals surface area contributed by atoms with Crippen LogP contribution in [0.25, 0.3) is 0 Å². The van der Waals surface area contributed by atoms with Crippen LogP contribution in [0, 0.1) is 0 Å². The topological polar surface area (TPSA) is 44.3 Å². The van der Waals surface area contributed by atoms with Gasteiger partial charge in [0.2, 0.25) is 0 Å². The molecule has 0 aromatic carbocycles. The smallest absolute Gasteiger partial charge is 0.0332 e. The Hall–Kier alpha value is -0.120. The lowest BCUT2D eigenvalue weighted by molar-refractivity contribution is 0.168. The van der Waals surface area contributed by atoms with E-state index in [1.54, 1.807) is 0 Å². The van der Waals surface area contributed by atoms with E-state index in [-0.39, 0.29) is 1.43 Å². The third-order valence-corrected chi connectivity index (χ3v) is 0.487. The van der Waals surface area contributed by atoms with E-state index in [0.717, 1.165) is 6.54 Å². The summed E-state index contributed by atoms with van der Waals surface area (Å²) in [5, 5.41) is 10.8. The number of hydrogen-bond acceptors (Lipinski definition) is 3. The summed E-state index contributed by atoms with van der Waals surface area (Å²) in [4.78, 5) is 0. The molecule has 0 aliphatic heterocycles. The monoisotopic (exact) mass is 122 g/mol. The summed E-state index contributed by atoms with van der Waals surface area (Å²) in [6, 6.07) is 0. The fourth-order valence-electron chi connectivity index (χ4n) is 0.181. The third-order valence-electron chi connectivity index (χ3n) is 0.487. The quantitative estimate of drug-likeness (QED) is 0.376. The first-order valence-electron chi connectivity index (χ1n) is 2.93. The van der Waals surface area contributed by atoms with Crippen LogP contribution in [0.2, 0.25) is 0 Å². The fourth-order valence-corrected chi connectivity index (χ4v) is 0.181. The molecule has 0 unspecified atom stereocenters. The average Bonchev–Trinajstić information content (AvgIpc) is 1.88. The average molecular weight is 122 g/mol. The molecule has 3 N–H and O–H groups in total. The maximum atomic E-state index is 7.91. The second-order valence-corrected chi connectivity index (χ2v) is 1.01. The summed E-state index contributed by atoms with van der Waals surface area (Å²) in [6.45, 7) is 5.41. The van der Waals surface area contributed by atoms with Gasteiger partial charge in [-0.25, -0.2) is 5.48 Å². The third kappa shape index (κ3) is 16.9. The van der Waals surface area contributed by atoms with E-state index in [2.05, 4.69) is 5.32 Å². The minimum atomic E-state index is 0. The van der Waals surface area contributed by atoms with Crippen molar-refractivity contribution in [2.45, 2.75) is 13.8 Å². The Morgan fingerprint density at radius 2 is 1.88 bits per heavy atom. The van der Waals surface area contributed by atoms with E-state index in [9.17, 15) is 0 Å². The minimum Gasteiger partial charge on any atom is -0.318 e. The Balaban J connectivity index is -0.000000109. The lowest BCUT2D eigenvalue weighted by Gasteiger charge is -1.91. The summed E-state index contributed by atoms with van der Waals surface area (Å²) in [7, 11) is 1.83. The predicted octanol–water partition coefficient (Wildman–Crippen LogP) is 0.457. The summed E-state index contributed by atoms with van der Waals surface area (Å²) in [5.74, 6) is 0. The number of hydroxylamine groups is 1. The zero-order valence-corrected chi connectivity index (χ0v) is 5.86. The SMILES string of the molecule is CC.CNCCNO.[HH]. The largest absolute Gasteiger partial charge is 0.318 e. The molecule has 0 amide bonds. The molecule has 0 bridgehead atoms. The van der Waals surface area contributed by atoms with E-state index in [4.69, 9.17) is 5.21 Å². The Morgan fingerprint density at radius 1 is 1.38 bits per heavy atom. The molecule has 8 heavy (non-hydrogen) atoms. The summed E-state index contributed by atoms with van der Waals surface area (Å²) < 4.78 is 0. The molecule has 0 fully saturated rings. The van der Waals surface area contributed by atoms with Gasteiger partial charge in [-0.1, -0.05) is 13.8 Å². The molecule has 0 atom stereocenters. The first-order chi connectivity index (χ1) is 3.91. The molecule has 54 valence electrons. The van der Waals surface area contributed by atoms with Crippen molar-refractivity contribution < 1.29 is 6.63 Å². The Labute approximate surface area is 52.5 Å². The van der Waals surface area contributed by atoms with Crippen molar-refractivity contribution in [2.24, 2.45) is 0 Å². The van der Waals surface area contributed by atoms with Gasteiger partial charge >= 0.3 is 0 Å². The van der Waals surface area contributed by atoms with Crippen molar-refractivity contribution in [3.63, 3.8) is 0 Å². The van der Waals surface area contributed by atoms with Crippen molar-refractivity contribution in [1.82, 2.24) is 10.8 Å². The van der Waals surface area contributed by atoms with Crippen molar-refractivity contribution in [3.8, 4) is 0 Å². The van der Waals surface area contributed by atoms with Crippen LogP contribution in [0.3, 0.4) is 0 Å². The molecule has 0 radical (unpaired) electrons. The molecule has 0 spiro atoms. The highest BCUT2D eigenvalue weighted by molar-refractivity contribution is 4.35. The molecule has 0 heterocycles. The van der Waals surface area contributed by atoms with Crippen LogP contribution in [0.5, 0.6) is 0 Å². The van der Waals surface area contributed by atoms with Crippen LogP contribution in [-0.4, -0.2) is 25.3 Å². The highest BCUT2D eigenvalue weighted by atomic mass is 16.5. The maximum absolute atomic E-state index is 7.91. The van der Waals surface area contributed by atoms with Crippen molar-refractivity contribution in [2.75, 3.05) is 20.1 Å². The minimum absolute atomic E-state index is 0. The number of likely N-dealkylation sites (N-methyl/N-ethyl adjacent to an activating group) is 1. The zero-order chi connectivity index (χ0) is 6.83. The molecule has 3 nitrogen and oxygen atoms in total. The Morgan fingerprint density at radius 3 is 2.00 bits per heavy atom. The molecule has 0 aromatic rings. The van der Waals surface area contributed by atoms with Crippen molar-refractivity contribution in [3.05, 3.63) is 0 Å². The summed E-state index contributed by atoms with van der Waals surface area (Å²) in [6.07, 6.45) is 0. The molecule has 0 rings (SSSR count). The van der Waals surface area contributed by atoms with E-state index in [1.165, 1.54) is 0 Å². The van der Waals surface area contributed by atoms with Gasteiger partial charge in [-0.2, -0.15) is 0 Å². The first-order valence-corrected chi connectivity index (χ1v) is 2.93. The van der Waals surface area contributed by atoms with Crippen molar-refractivity contribution >= 4 is 0 Å². The molecular formula is C5H18N2O. The van der Waals surface area contributed by atoms with E-state index in [0.29, 0.717) is 6.54 Å². The van der Waals surface area contributed by atoms with E-state index < -0.39 is 0 Å². The van der Waals surface area contributed by atoms with E-state index >= 15 is 0 Å². The zero-order valence-electron chi connectivity index (χ0n) is 5.86. The normalized spacial score (nSPS) is 7.50. The van der Waals surface area contributed by atoms with Gasteiger partial charge in [0.05, 0.1) is 0 Å². The summed E-state index contributed by atoms with van der Waals surface area (Å²) in [5.41, 5.74) is 2.01. The first kappa shape index (κ1) is 10.8.